The predicted octanol–water partition coefficient (Wildman–Crippen LogP) is 4.33. The number of piperidine rings is 1. The number of fused-ring (bicyclic) bond motifs is 2. The van der Waals surface area contributed by atoms with Crippen molar-refractivity contribution in [3.05, 3.63) is 46.6 Å². The van der Waals surface area contributed by atoms with E-state index in [0.29, 0.717) is 5.88 Å². The number of aryl methyl sites for hydroxylation is 3. The Morgan fingerprint density at radius 2 is 2.06 bits per heavy atom. The number of ether oxygens (including phenoxy) is 1. The summed E-state index contributed by atoms with van der Waals surface area (Å²) in [5.41, 5.74) is 3.74. The van der Waals surface area contributed by atoms with Gasteiger partial charge in [-0.25, -0.2) is 14.6 Å². The van der Waals surface area contributed by atoms with Gasteiger partial charge in [0.2, 0.25) is 5.88 Å². The Morgan fingerprint density at radius 3 is 2.90 bits per heavy atom. The lowest BCUT2D eigenvalue weighted by Gasteiger charge is -2.34. The smallest absolute Gasteiger partial charge is 0.261 e. The highest BCUT2D eigenvalue weighted by atomic mass is 32.1. The molecule has 160 valence electrons. The summed E-state index contributed by atoms with van der Waals surface area (Å²) in [4.78, 5) is 24.5. The fourth-order valence-corrected chi connectivity index (χ4v) is 5.50. The van der Waals surface area contributed by atoms with Crippen molar-refractivity contribution in [1.29, 1.82) is 0 Å². The minimum absolute atomic E-state index is 0.00813. The number of aromatic nitrogens is 4. The zero-order valence-corrected chi connectivity index (χ0v) is 18.8. The van der Waals surface area contributed by atoms with Crippen molar-refractivity contribution < 1.29 is 9.53 Å². The molecule has 0 N–H and O–H groups in total. The largest absolute Gasteiger partial charge is 0.466 e. The molecule has 7 nitrogen and oxygen atoms in total. The van der Waals surface area contributed by atoms with Gasteiger partial charge >= 0.3 is 0 Å². The number of carbonyl (C=O) groups excluding carboxylic acids is 1. The Kier molecular flexibility index (Phi) is 5.09. The van der Waals surface area contributed by atoms with Gasteiger partial charge in [-0.1, -0.05) is 12.1 Å². The van der Waals surface area contributed by atoms with Crippen molar-refractivity contribution in [2.75, 3.05) is 13.2 Å². The molecule has 1 amide bonds. The Balaban J connectivity index is 1.37. The summed E-state index contributed by atoms with van der Waals surface area (Å²) < 4.78 is 8.80. The molecule has 1 aromatic carbocycles. The summed E-state index contributed by atoms with van der Waals surface area (Å²) >= 11 is 1.68. The summed E-state index contributed by atoms with van der Waals surface area (Å²) in [5, 5.41) is 6.34. The fourth-order valence-electron chi connectivity index (χ4n) is 4.38. The molecule has 3 aromatic heterocycles. The van der Waals surface area contributed by atoms with Gasteiger partial charge in [0.15, 0.2) is 12.3 Å². The number of carbonyl (C=O) groups is 1. The number of thiazole rings is 1. The Labute approximate surface area is 184 Å². The third kappa shape index (κ3) is 3.65. The maximum Gasteiger partial charge on any atom is 0.261 e. The molecule has 4 aromatic rings. The summed E-state index contributed by atoms with van der Waals surface area (Å²) in [5.74, 6) is 0.435. The molecule has 0 saturated carbocycles. The van der Waals surface area contributed by atoms with Crippen LogP contribution < -0.4 is 4.74 Å². The van der Waals surface area contributed by atoms with Gasteiger partial charge < -0.3 is 9.64 Å². The van der Waals surface area contributed by atoms with E-state index < -0.39 is 0 Å². The Hall–Kier alpha value is -3.00. The zero-order chi connectivity index (χ0) is 21.5. The quantitative estimate of drug-likeness (QED) is 0.477. The van der Waals surface area contributed by atoms with E-state index in [1.54, 1.807) is 16.0 Å². The highest BCUT2D eigenvalue weighted by Gasteiger charge is 2.31. The summed E-state index contributed by atoms with van der Waals surface area (Å²) in [6.07, 6.45) is 3.03. The van der Waals surface area contributed by atoms with Gasteiger partial charge in [0.25, 0.3) is 5.91 Å². The van der Waals surface area contributed by atoms with Crippen molar-refractivity contribution in [1.82, 2.24) is 24.6 Å². The van der Waals surface area contributed by atoms with Gasteiger partial charge in [0.1, 0.15) is 5.01 Å². The van der Waals surface area contributed by atoms with Crippen LogP contribution in [0.1, 0.15) is 41.6 Å². The summed E-state index contributed by atoms with van der Waals surface area (Å²) in [6, 6.07) is 10.1. The second-order valence-corrected chi connectivity index (χ2v) is 9.18. The Morgan fingerprint density at radius 1 is 1.23 bits per heavy atom. The van der Waals surface area contributed by atoms with Crippen LogP contribution in [0, 0.1) is 13.8 Å². The van der Waals surface area contributed by atoms with E-state index in [4.69, 9.17) is 9.72 Å². The molecule has 1 saturated heterocycles. The first-order valence-corrected chi connectivity index (χ1v) is 11.4. The number of likely N-dealkylation sites (tertiary alicyclic amines) is 1. The zero-order valence-electron chi connectivity index (χ0n) is 18.0. The molecular weight excluding hydrogens is 410 g/mol. The first-order valence-electron chi connectivity index (χ1n) is 10.6. The normalized spacial score (nSPS) is 16.9. The summed E-state index contributed by atoms with van der Waals surface area (Å²) in [7, 11) is 1.84. The lowest BCUT2D eigenvalue weighted by atomic mass is 10.0. The van der Waals surface area contributed by atoms with Gasteiger partial charge in [0, 0.05) is 19.3 Å². The van der Waals surface area contributed by atoms with Crippen LogP contribution >= 0.6 is 11.3 Å². The van der Waals surface area contributed by atoms with Crippen LogP contribution in [0.15, 0.2) is 30.3 Å². The molecular formula is C23H25N5O2S. The van der Waals surface area contributed by atoms with Gasteiger partial charge in [-0.15, -0.1) is 16.4 Å². The highest BCUT2D eigenvalue weighted by Crippen LogP contribution is 2.36. The van der Waals surface area contributed by atoms with Gasteiger partial charge in [-0.05, 0) is 56.9 Å². The molecule has 4 heterocycles. The van der Waals surface area contributed by atoms with E-state index in [1.165, 1.54) is 0 Å². The van der Waals surface area contributed by atoms with E-state index in [0.717, 1.165) is 63.3 Å². The molecule has 8 heteroatoms. The average molecular weight is 436 g/mol. The second kappa shape index (κ2) is 7.92. The SMILES string of the molecule is Cc1cc(C)c2c(OCC(=O)N3CCCCC3c3nc4ccccc4s3)nn(C)c2n1. The van der Waals surface area contributed by atoms with Crippen LogP contribution in [0.4, 0.5) is 0 Å². The molecule has 0 radical (unpaired) electrons. The van der Waals surface area contributed by atoms with Crippen LogP contribution in [0.3, 0.4) is 0 Å². The lowest BCUT2D eigenvalue weighted by Crippen LogP contribution is -2.41. The number of rotatable bonds is 4. The van der Waals surface area contributed by atoms with Crippen LogP contribution in [-0.4, -0.2) is 43.7 Å². The molecule has 0 aliphatic carbocycles. The van der Waals surface area contributed by atoms with E-state index in [9.17, 15) is 4.79 Å². The van der Waals surface area contributed by atoms with Crippen LogP contribution in [0.2, 0.25) is 0 Å². The molecule has 31 heavy (non-hydrogen) atoms. The maximum absolute atomic E-state index is 13.2. The van der Waals surface area contributed by atoms with Crippen molar-refractivity contribution in [3.63, 3.8) is 0 Å². The van der Waals surface area contributed by atoms with E-state index in [-0.39, 0.29) is 18.6 Å². The molecule has 1 atom stereocenters. The first kappa shape index (κ1) is 19.9. The molecule has 0 spiro atoms. The summed E-state index contributed by atoms with van der Waals surface area (Å²) in [6.45, 7) is 4.66. The lowest BCUT2D eigenvalue weighted by molar-refractivity contribution is -0.137. The van der Waals surface area contributed by atoms with Gasteiger partial charge in [-0.3, -0.25) is 4.79 Å². The molecule has 1 aliphatic rings. The number of para-hydroxylation sites is 1. The minimum atomic E-state index is -0.0408. The van der Waals surface area contributed by atoms with Crippen LogP contribution in [0.5, 0.6) is 5.88 Å². The van der Waals surface area contributed by atoms with E-state index in [1.807, 2.05) is 50.1 Å². The number of pyridine rings is 1. The van der Waals surface area contributed by atoms with Crippen molar-refractivity contribution in [3.8, 4) is 5.88 Å². The van der Waals surface area contributed by atoms with Gasteiger partial charge in [0.05, 0.1) is 21.6 Å². The topological polar surface area (TPSA) is 73.1 Å². The standard InChI is InChI=1S/C23H25N5O2S/c1-14-12-15(2)24-21-20(14)22(26-27(21)3)30-13-19(29)28-11-7-6-9-17(28)23-25-16-8-4-5-10-18(16)31-23/h4-5,8,10,12,17H,6-7,9,11,13H2,1-3H3. The van der Waals surface area contributed by atoms with Crippen molar-refractivity contribution in [2.24, 2.45) is 7.05 Å². The highest BCUT2D eigenvalue weighted by molar-refractivity contribution is 7.18. The second-order valence-electron chi connectivity index (χ2n) is 8.12. The number of hydrogen-bond donors (Lipinski definition) is 0. The van der Waals surface area contributed by atoms with E-state index in [2.05, 4.69) is 16.1 Å². The number of nitrogens with zero attached hydrogens (tertiary/aromatic N) is 5. The first-order chi connectivity index (χ1) is 15.0. The van der Waals surface area contributed by atoms with Crippen LogP contribution in [-0.2, 0) is 11.8 Å². The van der Waals surface area contributed by atoms with Crippen molar-refractivity contribution in [2.45, 2.75) is 39.2 Å². The molecule has 1 unspecified atom stereocenters. The molecule has 0 bridgehead atoms. The van der Waals surface area contributed by atoms with Crippen molar-refractivity contribution >= 4 is 38.5 Å². The maximum atomic E-state index is 13.2. The molecule has 1 aliphatic heterocycles. The number of benzene rings is 1. The fraction of sp³-hybridized carbons (Fsp3) is 0.391. The predicted molar refractivity (Wildman–Crippen MR) is 121 cm³/mol. The third-order valence-electron chi connectivity index (χ3n) is 5.84. The average Bonchev–Trinajstić information content (AvgIpc) is 3.33. The minimum Gasteiger partial charge on any atom is -0.466 e. The third-order valence-corrected chi connectivity index (χ3v) is 6.98. The van der Waals surface area contributed by atoms with Crippen LogP contribution in [0.25, 0.3) is 21.3 Å². The number of hydrogen-bond acceptors (Lipinski definition) is 6. The monoisotopic (exact) mass is 435 g/mol. The van der Waals surface area contributed by atoms with E-state index >= 15 is 0 Å². The number of amides is 1. The Bertz CT molecular complexity index is 1240. The molecule has 1 fully saturated rings. The van der Waals surface area contributed by atoms with Gasteiger partial charge in [-0.2, -0.15) is 0 Å². The molecule has 5 rings (SSSR count).